The molecule has 98 valence electrons. The van der Waals surface area contributed by atoms with Crippen LogP contribution in [0.1, 0.15) is 11.1 Å². The van der Waals surface area contributed by atoms with E-state index < -0.39 is 4.92 Å². The molecule has 2 rings (SSSR count). The van der Waals surface area contributed by atoms with Crippen molar-refractivity contribution in [2.24, 2.45) is 0 Å². The molecule has 0 amide bonds. The summed E-state index contributed by atoms with van der Waals surface area (Å²) in [5.74, 6) is 0.806. The molecule has 1 aromatic heterocycles. The summed E-state index contributed by atoms with van der Waals surface area (Å²) in [6.07, 6.45) is 3.13. The van der Waals surface area contributed by atoms with Crippen molar-refractivity contribution in [1.29, 1.82) is 0 Å². The van der Waals surface area contributed by atoms with Crippen molar-refractivity contribution in [3.05, 3.63) is 51.8 Å². The first-order chi connectivity index (χ1) is 9.10. The maximum atomic E-state index is 10.6. The number of rotatable bonds is 4. The molecule has 1 aromatic carbocycles. The molecule has 0 atom stereocenters. The normalized spacial score (nSPS) is 10.2. The number of non-ortho nitro benzene ring substituents is 1. The van der Waals surface area contributed by atoms with Gasteiger partial charge in [-0.3, -0.25) is 10.1 Å². The van der Waals surface area contributed by atoms with Crippen molar-refractivity contribution >= 4 is 17.3 Å². The SMILES string of the molecule is Cc1cc([N+](=O)[O-])ccc1Oc1ncc(CCl)cn1. The molecule has 0 aliphatic rings. The van der Waals surface area contributed by atoms with E-state index in [1.807, 2.05) is 0 Å². The van der Waals surface area contributed by atoms with Crippen LogP contribution < -0.4 is 4.74 Å². The molecule has 0 saturated heterocycles. The number of alkyl halides is 1. The summed E-state index contributed by atoms with van der Waals surface area (Å²) in [5.41, 5.74) is 1.44. The molecule has 0 aliphatic heterocycles. The first-order valence-corrected chi connectivity index (χ1v) is 5.93. The van der Waals surface area contributed by atoms with Gasteiger partial charge in [0.05, 0.1) is 10.8 Å². The van der Waals surface area contributed by atoms with Gasteiger partial charge in [0.2, 0.25) is 0 Å². The number of ether oxygens (including phenoxy) is 1. The molecule has 0 bridgehead atoms. The van der Waals surface area contributed by atoms with Gasteiger partial charge in [-0.25, -0.2) is 9.97 Å². The zero-order chi connectivity index (χ0) is 13.8. The molecule has 19 heavy (non-hydrogen) atoms. The number of nitro groups is 1. The minimum Gasteiger partial charge on any atom is -0.424 e. The summed E-state index contributed by atoms with van der Waals surface area (Å²) in [5, 5.41) is 10.6. The summed E-state index contributed by atoms with van der Waals surface area (Å²) < 4.78 is 5.46. The predicted molar refractivity (Wildman–Crippen MR) is 69.5 cm³/mol. The highest BCUT2D eigenvalue weighted by Gasteiger charge is 2.10. The van der Waals surface area contributed by atoms with Gasteiger partial charge in [0, 0.05) is 30.1 Å². The van der Waals surface area contributed by atoms with Gasteiger partial charge in [-0.2, -0.15) is 0 Å². The molecule has 0 unspecified atom stereocenters. The number of aromatic nitrogens is 2. The highest BCUT2D eigenvalue weighted by Crippen LogP contribution is 2.26. The van der Waals surface area contributed by atoms with Gasteiger partial charge in [0.1, 0.15) is 5.75 Å². The minimum atomic E-state index is -0.456. The number of benzene rings is 1. The van der Waals surface area contributed by atoms with Crippen LogP contribution in [0.25, 0.3) is 0 Å². The maximum Gasteiger partial charge on any atom is 0.321 e. The minimum absolute atomic E-state index is 0.0169. The molecular formula is C12H10ClN3O3. The van der Waals surface area contributed by atoms with Crippen LogP contribution in [0.15, 0.2) is 30.6 Å². The lowest BCUT2D eigenvalue weighted by Gasteiger charge is -2.06. The molecule has 0 spiro atoms. The average Bonchev–Trinajstić information content (AvgIpc) is 2.41. The van der Waals surface area contributed by atoms with Crippen molar-refractivity contribution in [1.82, 2.24) is 9.97 Å². The molecule has 7 heteroatoms. The van der Waals surface area contributed by atoms with Crippen LogP contribution >= 0.6 is 11.6 Å². The Labute approximate surface area is 114 Å². The average molecular weight is 280 g/mol. The van der Waals surface area contributed by atoms with E-state index in [9.17, 15) is 10.1 Å². The molecule has 0 fully saturated rings. The molecule has 2 aromatic rings. The van der Waals surface area contributed by atoms with Gasteiger partial charge in [0.25, 0.3) is 5.69 Å². The van der Waals surface area contributed by atoms with Crippen LogP contribution in [-0.4, -0.2) is 14.9 Å². The zero-order valence-electron chi connectivity index (χ0n) is 10.0. The number of nitro benzene ring substituents is 1. The second kappa shape index (κ2) is 5.62. The molecule has 0 radical (unpaired) electrons. The van der Waals surface area contributed by atoms with E-state index in [0.717, 1.165) is 5.56 Å². The Kier molecular flexibility index (Phi) is 3.91. The second-order valence-corrected chi connectivity index (χ2v) is 4.08. The molecular weight excluding hydrogens is 270 g/mol. The standard InChI is InChI=1S/C12H10ClN3O3/c1-8-4-10(16(17)18)2-3-11(8)19-12-14-6-9(5-13)7-15-12/h2-4,6-7H,5H2,1H3. The summed E-state index contributed by atoms with van der Waals surface area (Å²) in [4.78, 5) is 18.1. The van der Waals surface area contributed by atoms with Crippen LogP contribution in [0.4, 0.5) is 5.69 Å². The van der Waals surface area contributed by atoms with Crippen molar-refractivity contribution in [2.45, 2.75) is 12.8 Å². The van der Waals surface area contributed by atoms with Gasteiger partial charge in [-0.05, 0) is 18.6 Å². The highest BCUT2D eigenvalue weighted by molar-refractivity contribution is 6.17. The Morgan fingerprint density at radius 3 is 2.58 bits per heavy atom. The Bertz CT molecular complexity index is 602. The Morgan fingerprint density at radius 2 is 2.05 bits per heavy atom. The summed E-state index contributed by atoms with van der Waals surface area (Å²) >= 11 is 5.63. The van der Waals surface area contributed by atoms with E-state index in [-0.39, 0.29) is 11.7 Å². The van der Waals surface area contributed by atoms with E-state index in [1.54, 1.807) is 19.3 Å². The van der Waals surface area contributed by atoms with Gasteiger partial charge in [-0.15, -0.1) is 11.6 Å². The monoisotopic (exact) mass is 279 g/mol. The third kappa shape index (κ3) is 3.17. The first kappa shape index (κ1) is 13.2. The molecule has 0 aliphatic carbocycles. The van der Waals surface area contributed by atoms with Crippen LogP contribution in [0.3, 0.4) is 0 Å². The molecule has 6 nitrogen and oxygen atoms in total. The van der Waals surface area contributed by atoms with Crippen molar-refractivity contribution in [3.63, 3.8) is 0 Å². The van der Waals surface area contributed by atoms with Crippen LogP contribution in [0.2, 0.25) is 0 Å². The summed E-state index contributed by atoms with van der Waals surface area (Å²) in [6.45, 7) is 1.72. The fraction of sp³-hybridized carbons (Fsp3) is 0.167. The first-order valence-electron chi connectivity index (χ1n) is 5.40. The third-order valence-corrected chi connectivity index (χ3v) is 2.72. The number of nitrogens with zero attached hydrogens (tertiary/aromatic N) is 3. The van der Waals surface area contributed by atoms with Gasteiger partial charge in [0.15, 0.2) is 0 Å². The van der Waals surface area contributed by atoms with E-state index in [4.69, 9.17) is 16.3 Å². The maximum absolute atomic E-state index is 10.6. The lowest BCUT2D eigenvalue weighted by molar-refractivity contribution is -0.384. The van der Waals surface area contributed by atoms with E-state index in [1.165, 1.54) is 18.2 Å². The zero-order valence-corrected chi connectivity index (χ0v) is 10.8. The van der Waals surface area contributed by atoms with Crippen LogP contribution in [0, 0.1) is 17.0 Å². The quantitative estimate of drug-likeness (QED) is 0.488. The lowest BCUT2D eigenvalue weighted by atomic mass is 10.2. The van der Waals surface area contributed by atoms with Gasteiger partial charge in [-0.1, -0.05) is 0 Å². The molecule has 0 saturated carbocycles. The fourth-order valence-electron chi connectivity index (χ4n) is 1.42. The smallest absolute Gasteiger partial charge is 0.321 e. The lowest BCUT2D eigenvalue weighted by Crippen LogP contribution is -1.95. The molecule has 1 heterocycles. The number of hydrogen-bond donors (Lipinski definition) is 0. The third-order valence-electron chi connectivity index (χ3n) is 2.41. The van der Waals surface area contributed by atoms with Crippen molar-refractivity contribution in [3.8, 4) is 11.8 Å². The predicted octanol–water partition coefficient (Wildman–Crippen LogP) is 3.22. The topological polar surface area (TPSA) is 78.2 Å². The van der Waals surface area contributed by atoms with Gasteiger partial charge < -0.3 is 4.74 Å². The number of hydrogen-bond acceptors (Lipinski definition) is 5. The number of aryl methyl sites for hydroxylation is 1. The fourth-order valence-corrected chi connectivity index (χ4v) is 1.56. The Morgan fingerprint density at radius 1 is 1.37 bits per heavy atom. The largest absolute Gasteiger partial charge is 0.424 e. The van der Waals surface area contributed by atoms with Crippen molar-refractivity contribution < 1.29 is 9.66 Å². The van der Waals surface area contributed by atoms with E-state index in [0.29, 0.717) is 17.2 Å². The Balaban J connectivity index is 2.20. The van der Waals surface area contributed by atoms with E-state index in [2.05, 4.69) is 9.97 Å². The second-order valence-electron chi connectivity index (χ2n) is 3.82. The van der Waals surface area contributed by atoms with Gasteiger partial charge >= 0.3 is 6.01 Å². The van der Waals surface area contributed by atoms with Crippen LogP contribution in [0.5, 0.6) is 11.8 Å². The summed E-state index contributed by atoms with van der Waals surface area (Å²) in [7, 11) is 0. The van der Waals surface area contributed by atoms with Crippen molar-refractivity contribution in [2.75, 3.05) is 0 Å². The number of halogens is 1. The highest BCUT2D eigenvalue weighted by atomic mass is 35.5. The van der Waals surface area contributed by atoms with E-state index >= 15 is 0 Å². The Hall–Kier alpha value is -2.21. The summed E-state index contributed by atoms with van der Waals surface area (Å²) in [6, 6.07) is 4.50. The van der Waals surface area contributed by atoms with Crippen LogP contribution in [-0.2, 0) is 5.88 Å². The molecule has 0 N–H and O–H groups in total.